The van der Waals surface area contributed by atoms with Crippen LogP contribution in [0.1, 0.15) is 75.9 Å². The summed E-state index contributed by atoms with van der Waals surface area (Å²) in [6.07, 6.45) is 8.93. The molecule has 1 amide bonds. The smallest absolute Gasteiger partial charge is 0.251 e. The van der Waals surface area contributed by atoms with Gasteiger partial charge in [0.1, 0.15) is 6.10 Å². The van der Waals surface area contributed by atoms with Gasteiger partial charge in [-0.15, -0.1) is 0 Å². The van der Waals surface area contributed by atoms with Gasteiger partial charge in [-0.2, -0.15) is 4.98 Å². The summed E-state index contributed by atoms with van der Waals surface area (Å²) in [4.78, 5) is 18.9. The standard InChI is InChI=1S/C18H29N3O3/c1-13(23-16-7-5-3-4-6-8-16)18(22)21-11-9-15(10-12-21)17-19-14(2)24-20-17/h13,15-16H,3-12H2,1-2H3/t13-/m0/s1. The SMILES string of the molecule is Cc1nc(C2CCN(C(=O)[C@H](C)OC3CCCCCC3)CC2)no1. The first-order valence-electron chi connectivity index (χ1n) is 9.38. The Balaban J connectivity index is 1.47. The third-order valence-electron chi connectivity index (χ3n) is 5.26. The van der Waals surface area contributed by atoms with Crippen molar-refractivity contribution in [3.8, 4) is 0 Å². The molecule has 0 unspecified atom stereocenters. The molecule has 2 aliphatic rings. The summed E-state index contributed by atoms with van der Waals surface area (Å²) < 4.78 is 11.1. The quantitative estimate of drug-likeness (QED) is 0.790. The van der Waals surface area contributed by atoms with E-state index in [1.807, 2.05) is 18.7 Å². The largest absolute Gasteiger partial charge is 0.365 e. The molecule has 1 saturated carbocycles. The minimum atomic E-state index is -0.336. The molecule has 1 atom stereocenters. The van der Waals surface area contributed by atoms with Crippen molar-refractivity contribution >= 4 is 5.91 Å². The molecule has 0 spiro atoms. The number of nitrogens with zero attached hydrogens (tertiary/aromatic N) is 3. The van der Waals surface area contributed by atoms with Gasteiger partial charge < -0.3 is 14.2 Å². The second-order valence-electron chi connectivity index (χ2n) is 7.16. The van der Waals surface area contributed by atoms with Crippen molar-refractivity contribution in [3.63, 3.8) is 0 Å². The van der Waals surface area contributed by atoms with Gasteiger partial charge in [-0.25, -0.2) is 0 Å². The van der Waals surface area contributed by atoms with E-state index in [-0.39, 0.29) is 18.1 Å². The van der Waals surface area contributed by atoms with E-state index in [0.29, 0.717) is 11.8 Å². The van der Waals surface area contributed by atoms with Crippen LogP contribution in [0.3, 0.4) is 0 Å². The van der Waals surface area contributed by atoms with E-state index in [9.17, 15) is 4.79 Å². The van der Waals surface area contributed by atoms with Crippen LogP contribution in [0.25, 0.3) is 0 Å². The van der Waals surface area contributed by atoms with E-state index in [2.05, 4.69) is 10.1 Å². The lowest BCUT2D eigenvalue weighted by molar-refractivity contribution is -0.147. The van der Waals surface area contributed by atoms with E-state index >= 15 is 0 Å². The summed E-state index contributed by atoms with van der Waals surface area (Å²) in [5.74, 6) is 1.81. The first-order valence-corrected chi connectivity index (χ1v) is 9.38. The van der Waals surface area contributed by atoms with Crippen LogP contribution in [-0.4, -0.2) is 46.2 Å². The highest BCUT2D eigenvalue weighted by atomic mass is 16.5. The highest BCUT2D eigenvalue weighted by Crippen LogP contribution is 2.27. The van der Waals surface area contributed by atoms with Gasteiger partial charge in [0.15, 0.2) is 5.82 Å². The molecule has 1 saturated heterocycles. The third-order valence-corrected chi connectivity index (χ3v) is 5.26. The number of hydrogen-bond acceptors (Lipinski definition) is 5. The monoisotopic (exact) mass is 335 g/mol. The fourth-order valence-corrected chi connectivity index (χ4v) is 3.82. The van der Waals surface area contributed by atoms with Crippen LogP contribution >= 0.6 is 0 Å². The molecule has 0 radical (unpaired) electrons. The van der Waals surface area contributed by atoms with Crippen LogP contribution in [0, 0.1) is 6.92 Å². The molecule has 134 valence electrons. The molecule has 6 nitrogen and oxygen atoms in total. The second-order valence-corrected chi connectivity index (χ2v) is 7.16. The third kappa shape index (κ3) is 4.35. The van der Waals surface area contributed by atoms with Crippen LogP contribution < -0.4 is 0 Å². The van der Waals surface area contributed by atoms with E-state index < -0.39 is 0 Å². The summed E-state index contributed by atoms with van der Waals surface area (Å²) in [6.45, 7) is 5.20. The van der Waals surface area contributed by atoms with Crippen LogP contribution in [0.4, 0.5) is 0 Å². The van der Waals surface area contributed by atoms with E-state index in [4.69, 9.17) is 9.26 Å². The first kappa shape index (κ1) is 17.4. The van der Waals surface area contributed by atoms with Crippen molar-refractivity contribution in [1.29, 1.82) is 0 Å². The van der Waals surface area contributed by atoms with Gasteiger partial charge in [0.05, 0.1) is 6.10 Å². The summed E-state index contributed by atoms with van der Waals surface area (Å²) >= 11 is 0. The molecule has 1 aromatic rings. The Bertz CT molecular complexity index is 529. The number of carbonyl (C=O) groups is 1. The molecular formula is C18H29N3O3. The lowest BCUT2D eigenvalue weighted by Gasteiger charge is -2.33. The Hall–Kier alpha value is -1.43. The molecule has 6 heteroatoms. The molecule has 2 fully saturated rings. The van der Waals surface area contributed by atoms with Gasteiger partial charge in [-0.3, -0.25) is 4.79 Å². The molecule has 1 aliphatic heterocycles. The fourth-order valence-electron chi connectivity index (χ4n) is 3.82. The van der Waals surface area contributed by atoms with Gasteiger partial charge in [-0.05, 0) is 32.6 Å². The Kier molecular flexibility index (Phi) is 5.87. The number of aromatic nitrogens is 2. The van der Waals surface area contributed by atoms with Crippen molar-refractivity contribution in [2.24, 2.45) is 0 Å². The Morgan fingerprint density at radius 2 is 1.83 bits per heavy atom. The summed E-state index contributed by atoms with van der Waals surface area (Å²) in [6, 6.07) is 0. The predicted molar refractivity (Wildman–Crippen MR) is 89.6 cm³/mol. The van der Waals surface area contributed by atoms with Crippen LogP contribution in [0.15, 0.2) is 4.52 Å². The van der Waals surface area contributed by atoms with E-state index in [0.717, 1.165) is 44.6 Å². The van der Waals surface area contributed by atoms with Crippen molar-refractivity contribution in [3.05, 3.63) is 11.7 Å². The van der Waals surface area contributed by atoms with Crippen LogP contribution in [-0.2, 0) is 9.53 Å². The van der Waals surface area contributed by atoms with E-state index in [1.54, 1.807) is 0 Å². The van der Waals surface area contributed by atoms with Crippen molar-refractivity contribution in [2.75, 3.05) is 13.1 Å². The number of piperidine rings is 1. The minimum Gasteiger partial charge on any atom is -0.365 e. The average Bonchev–Trinajstić information content (AvgIpc) is 2.87. The van der Waals surface area contributed by atoms with Gasteiger partial charge in [0, 0.05) is 25.9 Å². The molecule has 24 heavy (non-hydrogen) atoms. The normalized spacial score (nSPS) is 22.3. The Morgan fingerprint density at radius 3 is 2.42 bits per heavy atom. The van der Waals surface area contributed by atoms with Crippen LogP contribution in [0.5, 0.6) is 0 Å². The first-order chi connectivity index (χ1) is 11.6. The lowest BCUT2D eigenvalue weighted by Crippen LogP contribution is -2.44. The molecule has 3 rings (SSSR count). The van der Waals surface area contributed by atoms with Gasteiger partial charge in [0.25, 0.3) is 5.91 Å². The number of likely N-dealkylation sites (tertiary alicyclic amines) is 1. The molecule has 0 N–H and O–H groups in total. The zero-order valence-corrected chi connectivity index (χ0v) is 14.9. The van der Waals surface area contributed by atoms with Crippen molar-refractivity contribution in [1.82, 2.24) is 15.0 Å². The fraction of sp³-hybridized carbons (Fsp3) is 0.833. The molecule has 1 aliphatic carbocycles. The molecule has 0 aromatic carbocycles. The maximum Gasteiger partial charge on any atom is 0.251 e. The number of amides is 1. The van der Waals surface area contributed by atoms with Gasteiger partial charge in [-0.1, -0.05) is 30.8 Å². The number of ether oxygens (including phenoxy) is 1. The number of hydrogen-bond donors (Lipinski definition) is 0. The lowest BCUT2D eigenvalue weighted by atomic mass is 9.96. The summed E-state index contributed by atoms with van der Waals surface area (Å²) in [5.41, 5.74) is 0. The summed E-state index contributed by atoms with van der Waals surface area (Å²) in [7, 11) is 0. The van der Waals surface area contributed by atoms with Gasteiger partial charge in [0.2, 0.25) is 5.89 Å². The molecular weight excluding hydrogens is 306 g/mol. The predicted octanol–water partition coefficient (Wildman–Crippen LogP) is 3.21. The van der Waals surface area contributed by atoms with Crippen LogP contribution in [0.2, 0.25) is 0 Å². The second kappa shape index (κ2) is 8.10. The molecule has 1 aromatic heterocycles. The van der Waals surface area contributed by atoms with Crippen molar-refractivity contribution in [2.45, 2.75) is 83.3 Å². The highest BCUT2D eigenvalue weighted by molar-refractivity contribution is 5.80. The molecule has 0 bridgehead atoms. The zero-order valence-electron chi connectivity index (χ0n) is 14.9. The van der Waals surface area contributed by atoms with Crippen molar-refractivity contribution < 1.29 is 14.1 Å². The van der Waals surface area contributed by atoms with Gasteiger partial charge >= 0.3 is 0 Å². The minimum absolute atomic E-state index is 0.127. The summed E-state index contributed by atoms with van der Waals surface area (Å²) in [5, 5.41) is 4.02. The number of aryl methyl sites for hydroxylation is 1. The average molecular weight is 335 g/mol. The number of carbonyl (C=O) groups excluding carboxylic acids is 1. The highest BCUT2D eigenvalue weighted by Gasteiger charge is 2.30. The topological polar surface area (TPSA) is 68.5 Å². The maximum absolute atomic E-state index is 12.7. The maximum atomic E-state index is 12.7. The zero-order chi connectivity index (χ0) is 16.9. The number of rotatable bonds is 4. The Morgan fingerprint density at radius 1 is 1.17 bits per heavy atom. The Labute approximate surface area is 143 Å². The van der Waals surface area contributed by atoms with E-state index in [1.165, 1.54) is 25.7 Å². The molecule has 2 heterocycles.